The van der Waals surface area contributed by atoms with Gasteiger partial charge in [0.25, 0.3) is 0 Å². The Bertz CT molecular complexity index is 123. The van der Waals surface area contributed by atoms with Crippen LogP contribution in [0.1, 0.15) is 13.8 Å². The standard InChI is InChI=1S/C6H9NO/c1-4-5(2)7-6(3)8/h1,5H,2-3H3,(H,7,8)/t5-/m1/s1. The number of hydrogen-bond acceptors (Lipinski definition) is 1. The van der Waals surface area contributed by atoms with Gasteiger partial charge in [-0.25, -0.2) is 0 Å². The summed E-state index contributed by atoms with van der Waals surface area (Å²) < 4.78 is 0. The topological polar surface area (TPSA) is 29.1 Å². The van der Waals surface area contributed by atoms with Gasteiger partial charge in [0.15, 0.2) is 0 Å². The minimum absolute atomic E-state index is 0.0875. The van der Waals surface area contributed by atoms with E-state index in [0.717, 1.165) is 0 Å². The molecule has 8 heavy (non-hydrogen) atoms. The van der Waals surface area contributed by atoms with Crippen molar-refractivity contribution in [3.8, 4) is 12.3 Å². The molecule has 0 unspecified atom stereocenters. The highest BCUT2D eigenvalue weighted by Gasteiger charge is 1.94. The number of carbonyl (C=O) groups is 1. The van der Waals surface area contributed by atoms with Gasteiger partial charge in [0.05, 0.1) is 6.04 Å². The minimum atomic E-state index is -0.146. The van der Waals surface area contributed by atoms with Gasteiger partial charge < -0.3 is 5.32 Å². The van der Waals surface area contributed by atoms with Gasteiger partial charge in [0.1, 0.15) is 0 Å². The molecule has 0 aliphatic carbocycles. The maximum Gasteiger partial charge on any atom is 0.217 e. The van der Waals surface area contributed by atoms with Gasteiger partial charge in [-0.3, -0.25) is 4.79 Å². The fourth-order valence-electron chi connectivity index (χ4n) is 0.347. The Morgan fingerprint density at radius 1 is 1.88 bits per heavy atom. The molecule has 0 aliphatic rings. The Morgan fingerprint density at radius 2 is 2.38 bits per heavy atom. The molecule has 0 aliphatic heterocycles. The summed E-state index contributed by atoms with van der Waals surface area (Å²) in [5.74, 6) is 2.28. The number of hydrogen-bond donors (Lipinski definition) is 1. The van der Waals surface area contributed by atoms with Crippen molar-refractivity contribution in [1.29, 1.82) is 0 Å². The summed E-state index contributed by atoms with van der Waals surface area (Å²) >= 11 is 0. The molecule has 0 rings (SSSR count). The maximum absolute atomic E-state index is 10.2. The Hall–Kier alpha value is -0.970. The molecule has 2 nitrogen and oxygen atoms in total. The number of terminal acetylenes is 1. The molecule has 0 heterocycles. The van der Waals surface area contributed by atoms with Crippen LogP contribution in [0.5, 0.6) is 0 Å². The average Bonchev–Trinajstić information content (AvgIpc) is 1.65. The van der Waals surface area contributed by atoms with Crippen LogP contribution in [-0.2, 0) is 4.79 Å². The molecular formula is C6H9NO. The number of carbonyl (C=O) groups excluding carboxylic acids is 1. The van der Waals surface area contributed by atoms with Crippen LogP contribution in [-0.4, -0.2) is 11.9 Å². The number of amides is 1. The Morgan fingerprint density at radius 3 is 2.50 bits per heavy atom. The second-order valence-corrected chi connectivity index (χ2v) is 1.59. The second kappa shape index (κ2) is 3.09. The normalized spacial score (nSPS) is 11.6. The number of nitrogens with one attached hydrogen (secondary N) is 1. The summed E-state index contributed by atoms with van der Waals surface area (Å²) in [6.45, 7) is 3.19. The van der Waals surface area contributed by atoms with E-state index in [2.05, 4.69) is 11.2 Å². The zero-order valence-electron chi connectivity index (χ0n) is 5.06. The molecule has 0 saturated carbocycles. The van der Waals surface area contributed by atoms with E-state index < -0.39 is 0 Å². The van der Waals surface area contributed by atoms with Gasteiger partial charge in [0.2, 0.25) is 5.91 Å². The van der Waals surface area contributed by atoms with E-state index >= 15 is 0 Å². The first kappa shape index (κ1) is 7.03. The first-order valence-corrected chi connectivity index (χ1v) is 2.40. The molecule has 0 aromatic carbocycles. The van der Waals surface area contributed by atoms with Crippen LogP contribution in [0.4, 0.5) is 0 Å². The van der Waals surface area contributed by atoms with Gasteiger partial charge in [-0.1, -0.05) is 5.92 Å². The lowest BCUT2D eigenvalue weighted by Gasteiger charge is -2.01. The van der Waals surface area contributed by atoms with Crippen molar-refractivity contribution in [2.45, 2.75) is 19.9 Å². The Balaban J connectivity index is 3.43. The first-order chi connectivity index (χ1) is 3.66. The molecule has 0 bridgehead atoms. The molecule has 2 heteroatoms. The highest BCUT2D eigenvalue weighted by atomic mass is 16.1. The molecule has 0 spiro atoms. The summed E-state index contributed by atoms with van der Waals surface area (Å²) in [7, 11) is 0. The van der Waals surface area contributed by atoms with E-state index in [1.165, 1.54) is 6.92 Å². The quantitative estimate of drug-likeness (QED) is 0.479. The van der Waals surface area contributed by atoms with Crippen LogP contribution in [0.15, 0.2) is 0 Å². The lowest BCUT2D eigenvalue weighted by molar-refractivity contribution is -0.119. The molecule has 0 saturated heterocycles. The van der Waals surface area contributed by atoms with E-state index in [9.17, 15) is 4.79 Å². The highest BCUT2D eigenvalue weighted by molar-refractivity contribution is 5.73. The van der Waals surface area contributed by atoms with E-state index in [0.29, 0.717) is 0 Å². The summed E-state index contributed by atoms with van der Waals surface area (Å²) in [6, 6.07) is -0.146. The third kappa shape index (κ3) is 3.23. The third-order valence-corrected chi connectivity index (χ3v) is 0.670. The van der Waals surface area contributed by atoms with Crippen molar-refractivity contribution in [2.24, 2.45) is 0 Å². The van der Waals surface area contributed by atoms with Gasteiger partial charge in [-0.2, -0.15) is 0 Å². The fourth-order valence-corrected chi connectivity index (χ4v) is 0.347. The van der Waals surface area contributed by atoms with Gasteiger partial charge in [-0.15, -0.1) is 6.42 Å². The van der Waals surface area contributed by atoms with E-state index in [4.69, 9.17) is 6.42 Å². The largest absolute Gasteiger partial charge is 0.343 e. The Labute approximate surface area is 49.3 Å². The van der Waals surface area contributed by atoms with Crippen LogP contribution >= 0.6 is 0 Å². The van der Waals surface area contributed by atoms with Crippen LogP contribution in [0.2, 0.25) is 0 Å². The maximum atomic E-state index is 10.2. The molecule has 44 valence electrons. The second-order valence-electron chi connectivity index (χ2n) is 1.59. The van der Waals surface area contributed by atoms with Crippen molar-refractivity contribution in [2.75, 3.05) is 0 Å². The minimum Gasteiger partial charge on any atom is -0.343 e. The molecule has 0 aromatic rings. The molecule has 0 radical (unpaired) electrons. The molecule has 1 atom stereocenters. The monoisotopic (exact) mass is 111 g/mol. The number of rotatable bonds is 1. The lowest BCUT2D eigenvalue weighted by Crippen LogP contribution is -2.28. The Kier molecular flexibility index (Phi) is 2.71. The van der Waals surface area contributed by atoms with Crippen molar-refractivity contribution >= 4 is 5.91 Å². The lowest BCUT2D eigenvalue weighted by atomic mass is 10.3. The molecule has 0 aromatic heterocycles. The fraction of sp³-hybridized carbons (Fsp3) is 0.500. The molecule has 1 N–H and O–H groups in total. The van der Waals surface area contributed by atoms with E-state index in [1.54, 1.807) is 6.92 Å². The van der Waals surface area contributed by atoms with Crippen LogP contribution < -0.4 is 5.32 Å². The van der Waals surface area contributed by atoms with Gasteiger partial charge in [0, 0.05) is 6.92 Å². The molecule has 0 fully saturated rings. The SMILES string of the molecule is C#C[C@@H](C)NC(C)=O. The predicted octanol–water partition coefficient (Wildman–Crippen LogP) is 0.144. The van der Waals surface area contributed by atoms with E-state index in [-0.39, 0.29) is 11.9 Å². The average molecular weight is 111 g/mol. The predicted molar refractivity (Wildman–Crippen MR) is 32.1 cm³/mol. The summed E-state index contributed by atoms with van der Waals surface area (Å²) in [4.78, 5) is 10.2. The van der Waals surface area contributed by atoms with Crippen molar-refractivity contribution in [3.63, 3.8) is 0 Å². The van der Waals surface area contributed by atoms with Crippen molar-refractivity contribution in [3.05, 3.63) is 0 Å². The van der Waals surface area contributed by atoms with Gasteiger partial charge >= 0.3 is 0 Å². The summed E-state index contributed by atoms with van der Waals surface area (Å²) in [5, 5.41) is 2.52. The zero-order valence-corrected chi connectivity index (χ0v) is 5.06. The third-order valence-electron chi connectivity index (χ3n) is 0.670. The molecular weight excluding hydrogens is 102 g/mol. The zero-order chi connectivity index (χ0) is 6.57. The van der Waals surface area contributed by atoms with Crippen LogP contribution in [0, 0.1) is 12.3 Å². The summed E-state index contributed by atoms with van der Waals surface area (Å²) in [5.41, 5.74) is 0. The van der Waals surface area contributed by atoms with E-state index in [1.807, 2.05) is 0 Å². The van der Waals surface area contributed by atoms with Crippen molar-refractivity contribution in [1.82, 2.24) is 5.32 Å². The van der Waals surface area contributed by atoms with Crippen LogP contribution in [0.3, 0.4) is 0 Å². The van der Waals surface area contributed by atoms with Crippen molar-refractivity contribution < 1.29 is 4.79 Å². The van der Waals surface area contributed by atoms with Crippen LogP contribution in [0.25, 0.3) is 0 Å². The van der Waals surface area contributed by atoms with Gasteiger partial charge in [-0.05, 0) is 6.92 Å². The first-order valence-electron chi connectivity index (χ1n) is 2.40. The summed E-state index contributed by atoms with van der Waals surface area (Å²) in [6.07, 6.45) is 4.96. The highest BCUT2D eigenvalue weighted by Crippen LogP contribution is 1.73. The smallest absolute Gasteiger partial charge is 0.217 e. The molecule has 1 amide bonds.